The molecule has 1 aromatic carbocycles. The second-order valence-corrected chi connectivity index (χ2v) is 4.24. The Hall–Kier alpha value is -0.780. The lowest BCUT2D eigenvalue weighted by Gasteiger charge is -2.15. The molecule has 0 heterocycles. The van der Waals surface area contributed by atoms with Crippen LogP contribution >= 0.6 is 0 Å². The average molecular weight is 250 g/mol. The molecule has 0 bridgehead atoms. The predicted octanol–water partition coefficient (Wildman–Crippen LogP) is 6.38. The summed E-state index contributed by atoms with van der Waals surface area (Å²) >= 11 is 0. The lowest BCUT2D eigenvalue weighted by atomic mass is 9.90. The summed E-state index contributed by atoms with van der Waals surface area (Å²) in [5.41, 5.74) is 4.69. The Morgan fingerprint density at radius 2 is 1.50 bits per heavy atom. The van der Waals surface area contributed by atoms with Crippen molar-refractivity contribution in [2.24, 2.45) is 0 Å². The maximum absolute atomic E-state index is 2.29. The van der Waals surface area contributed by atoms with Gasteiger partial charge in [-0.3, -0.25) is 0 Å². The van der Waals surface area contributed by atoms with Crippen molar-refractivity contribution in [1.29, 1.82) is 0 Å². The molecule has 0 unspecified atom stereocenters. The minimum Gasteiger partial charge on any atom is -0.0683 e. The van der Waals surface area contributed by atoms with Gasteiger partial charge in [-0.25, -0.2) is 0 Å². The van der Waals surface area contributed by atoms with Gasteiger partial charge in [0.25, 0.3) is 0 Å². The van der Waals surface area contributed by atoms with Crippen molar-refractivity contribution in [3.05, 3.63) is 34.9 Å². The smallest absolute Gasteiger partial charge is 0.0216 e. The molecule has 0 aliphatic rings. The van der Waals surface area contributed by atoms with E-state index >= 15 is 0 Å². The largest absolute Gasteiger partial charge is 0.0683 e. The van der Waals surface area contributed by atoms with Gasteiger partial charge >= 0.3 is 0 Å². The SMILES string of the molecule is CC.CC.CCCc1c(CC)cccc1C(C)C. The third kappa shape index (κ3) is 6.23. The third-order valence-electron chi connectivity index (χ3n) is 2.81. The van der Waals surface area contributed by atoms with Gasteiger partial charge in [-0.2, -0.15) is 0 Å². The van der Waals surface area contributed by atoms with E-state index in [2.05, 4.69) is 45.9 Å². The molecule has 0 radical (unpaired) electrons. The van der Waals surface area contributed by atoms with E-state index in [0.29, 0.717) is 5.92 Å². The quantitative estimate of drug-likeness (QED) is 0.582. The lowest BCUT2D eigenvalue weighted by molar-refractivity contribution is 0.809. The fourth-order valence-corrected chi connectivity index (χ4v) is 2.08. The van der Waals surface area contributed by atoms with Gasteiger partial charge in [0.1, 0.15) is 0 Å². The first kappa shape index (κ1) is 19.6. The Bertz CT molecular complexity index is 284. The summed E-state index contributed by atoms with van der Waals surface area (Å²) in [6, 6.07) is 6.76. The Morgan fingerprint density at radius 3 is 1.89 bits per heavy atom. The molecular formula is C18H34. The van der Waals surface area contributed by atoms with E-state index in [1.165, 1.54) is 18.4 Å². The Labute approximate surface area is 116 Å². The van der Waals surface area contributed by atoms with Crippen LogP contribution in [0.25, 0.3) is 0 Å². The van der Waals surface area contributed by atoms with Gasteiger partial charge in [0.2, 0.25) is 0 Å². The molecule has 0 heteroatoms. The number of rotatable bonds is 4. The summed E-state index contributed by atoms with van der Waals surface area (Å²) in [7, 11) is 0. The number of aryl methyl sites for hydroxylation is 1. The summed E-state index contributed by atoms with van der Waals surface area (Å²) in [5, 5.41) is 0. The topological polar surface area (TPSA) is 0 Å². The van der Waals surface area contributed by atoms with E-state index in [0.717, 1.165) is 6.42 Å². The van der Waals surface area contributed by atoms with Gasteiger partial charge in [-0.05, 0) is 35.4 Å². The van der Waals surface area contributed by atoms with Crippen LogP contribution in [0.4, 0.5) is 0 Å². The summed E-state index contributed by atoms with van der Waals surface area (Å²) in [6.45, 7) is 17.1. The minimum atomic E-state index is 0.656. The maximum atomic E-state index is 2.29. The first-order chi connectivity index (χ1) is 8.70. The second kappa shape index (κ2) is 12.7. The molecule has 0 amide bonds. The highest BCUT2D eigenvalue weighted by atomic mass is 14.1. The highest BCUT2D eigenvalue weighted by Crippen LogP contribution is 2.24. The van der Waals surface area contributed by atoms with Gasteiger partial charge < -0.3 is 0 Å². The van der Waals surface area contributed by atoms with E-state index in [9.17, 15) is 0 Å². The fraction of sp³-hybridized carbons (Fsp3) is 0.667. The van der Waals surface area contributed by atoms with E-state index in [1.54, 1.807) is 11.1 Å². The van der Waals surface area contributed by atoms with Crippen molar-refractivity contribution in [3.63, 3.8) is 0 Å². The van der Waals surface area contributed by atoms with Gasteiger partial charge in [-0.15, -0.1) is 0 Å². The summed E-state index contributed by atoms with van der Waals surface area (Å²) in [4.78, 5) is 0. The Kier molecular flexibility index (Phi) is 13.8. The Balaban J connectivity index is 0. The first-order valence-corrected chi connectivity index (χ1v) is 7.81. The molecule has 0 nitrogen and oxygen atoms in total. The van der Waals surface area contributed by atoms with E-state index < -0.39 is 0 Å². The number of hydrogen-bond acceptors (Lipinski definition) is 0. The van der Waals surface area contributed by atoms with Gasteiger partial charge in [-0.1, -0.05) is 80.0 Å². The third-order valence-corrected chi connectivity index (χ3v) is 2.81. The normalized spacial score (nSPS) is 9.17. The standard InChI is InChI=1S/C14H22.2C2H6/c1-5-8-14-12(6-2)9-7-10-13(14)11(3)4;2*1-2/h7,9-11H,5-6,8H2,1-4H3;2*1-2H3. The van der Waals surface area contributed by atoms with Crippen LogP contribution in [0.1, 0.15) is 84.4 Å². The van der Waals surface area contributed by atoms with Crippen LogP contribution in [0.3, 0.4) is 0 Å². The van der Waals surface area contributed by atoms with Crippen LogP contribution in [0.15, 0.2) is 18.2 Å². The lowest BCUT2D eigenvalue weighted by Crippen LogP contribution is -2.00. The molecule has 0 aromatic heterocycles. The maximum Gasteiger partial charge on any atom is -0.0216 e. The van der Waals surface area contributed by atoms with Crippen molar-refractivity contribution in [1.82, 2.24) is 0 Å². The van der Waals surface area contributed by atoms with Crippen molar-refractivity contribution in [2.75, 3.05) is 0 Å². The molecule has 0 aliphatic heterocycles. The zero-order valence-corrected chi connectivity index (χ0v) is 13.9. The molecule has 0 saturated carbocycles. The summed E-state index contributed by atoms with van der Waals surface area (Å²) in [6.07, 6.45) is 3.64. The highest BCUT2D eigenvalue weighted by Gasteiger charge is 2.08. The van der Waals surface area contributed by atoms with Crippen molar-refractivity contribution in [3.8, 4) is 0 Å². The van der Waals surface area contributed by atoms with Crippen LogP contribution in [-0.4, -0.2) is 0 Å². The molecule has 1 aromatic rings. The molecule has 0 atom stereocenters. The molecule has 0 saturated heterocycles. The van der Waals surface area contributed by atoms with Crippen LogP contribution in [0, 0.1) is 0 Å². The van der Waals surface area contributed by atoms with Crippen molar-refractivity contribution in [2.45, 2.75) is 80.6 Å². The summed E-state index contributed by atoms with van der Waals surface area (Å²) < 4.78 is 0. The summed E-state index contributed by atoms with van der Waals surface area (Å²) in [5.74, 6) is 0.656. The van der Waals surface area contributed by atoms with Crippen LogP contribution < -0.4 is 0 Å². The number of hydrogen-bond donors (Lipinski definition) is 0. The molecule has 0 aliphatic carbocycles. The van der Waals surface area contributed by atoms with E-state index in [1.807, 2.05) is 27.7 Å². The first-order valence-electron chi connectivity index (χ1n) is 7.81. The highest BCUT2D eigenvalue weighted by molar-refractivity contribution is 5.37. The van der Waals surface area contributed by atoms with Crippen LogP contribution in [0.2, 0.25) is 0 Å². The molecule has 0 fully saturated rings. The minimum absolute atomic E-state index is 0.656. The van der Waals surface area contributed by atoms with Crippen molar-refractivity contribution < 1.29 is 0 Å². The average Bonchev–Trinajstić information content (AvgIpc) is 2.43. The van der Waals surface area contributed by atoms with Gasteiger partial charge in [0, 0.05) is 0 Å². The molecule has 0 spiro atoms. The molecule has 1 rings (SSSR count). The second-order valence-electron chi connectivity index (χ2n) is 4.24. The molecule has 106 valence electrons. The predicted molar refractivity (Wildman–Crippen MR) is 86.6 cm³/mol. The Morgan fingerprint density at radius 1 is 0.944 bits per heavy atom. The monoisotopic (exact) mass is 250 g/mol. The molecule has 0 N–H and O–H groups in total. The van der Waals surface area contributed by atoms with E-state index in [-0.39, 0.29) is 0 Å². The number of benzene rings is 1. The molecular weight excluding hydrogens is 216 g/mol. The molecule has 18 heavy (non-hydrogen) atoms. The van der Waals surface area contributed by atoms with Crippen LogP contribution in [-0.2, 0) is 12.8 Å². The van der Waals surface area contributed by atoms with Crippen molar-refractivity contribution >= 4 is 0 Å². The zero-order chi connectivity index (χ0) is 14.6. The van der Waals surface area contributed by atoms with Gasteiger partial charge in [0.05, 0.1) is 0 Å². The van der Waals surface area contributed by atoms with Gasteiger partial charge in [0.15, 0.2) is 0 Å². The van der Waals surface area contributed by atoms with E-state index in [4.69, 9.17) is 0 Å². The fourth-order valence-electron chi connectivity index (χ4n) is 2.08. The zero-order valence-electron chi connectivity index (χ0n) is 13.9. The van der Waals surface area contributed by atoms with Crippen LogP contribution in [0.5, 0.6) is 0 Å².